The molecule has 0 aliphatic rings. The third-order valence-electron chi connectivity index (χ3n) is 2.79. The van der Waals surface area contributed by atoms with E-state index in [0.29, 0.717) is 18.0 Å². The molecular formula is C15H18N2O2S. The first-order chi connectivity index (χ1) is 9.56. The predicted octanol–water partition coefficient (Wildman–Crippen LogP) is 2.88. The molecule has 0 atom stereocenters. The number of nitrogens with one attached hydrogen (secondary N) is 1. The van der Waals surface area contributed by atoms with Gasteiger partial charge >= 0.3 is 0 Å². The number of aromatic nitrogens is 1. The van der Waals surface area contributed by atoms with E-state index in [-0.39, 0.29) is 5.91 Å². The standard InChI is InChI=1S/C15H18N2O2S/c1-10-4-6-13(7-5-10)19-9-8-16-15(18)14-11(2)17-12(3)20-14/h4-7H,8-9H2,1-3H3,(H,16,18). The first kappa shape index (κ1) is 14.5. The average molecular weight is 290 g/mol. The van der Waals surface area contributed by atoms with Gasteiger partial charge in [0.2, 0.25) is 0 Å². The number of amides is 1. The quantitative estimate of drug-likeness (QED) is 0.861. The summed E-state index contributed by atoms with van der Waals surface area (Å²) in [5.41, 5.74) is 1.98. The number of rotatable bonds is 5. The lowest BCUT2D eigenvalue weighted by atomic mass is 10.2. The minimum atomic E-state index is -0.0828. The van der Waals surface area contributed by atoms with Gasteiger partial charge in [0.25, 0.3) is 5.91 Å². The third-order valence-corrected chi connectivity index (χ3v) is 3.86. The van der Waals surface area contributed by atoms with Crippen LogP contribution in [0.15, 0.2) is 24.3 Å². The van der Waals surface area contributed by atoms with Gasteiger partial charge in [0, 0.05) is 0 Å². The lowest BCUT2D eigenvalue weighted by Gasteiger charge is -2.07. The van der Waals surface area contributed by atoms with Crippen LogP contribution in [0.25, 0.3) is 0 Å². The fourth-order valence-corrected chi connectivity index (χ4v) is 2.63. The van der Waals surface area contributed by atoms with Crippen LogP contribution in [-0.2, 0) is 0 Å². The minimum Gasteiger partial charge on any atom is -0.492 e. The summed E-state index contributed by atoms with van der Waals surface area (Å²) >= 11 is 1.41. The van der Waals surface area contributed by atoms with E-state index in [2.05, 4.69) is 10.3 Å². The maximum absolute atomic E-state index is 11.9. The molecule has 0 saturated heterocycles. The smallest absolute Gasteiger partial charge is 0.263 e. The fourth-order valence-electron chi connectivity index (χ4n) is 1.79. The number of hydrogen-bond acceptors (Lipinski definition) is 4. The molecule has 0 unspecified atom stereocenters. The van der Waals surface area contributed by atoms with E-state index in [9.17, 15) is 4.79 Å². The highest BCUT2D eigenvalue weighted by Crippen LogP contribution is 2.16. The molecule has 106 valence electrons. The van der Waals surface area contributed by atoms with E-state index in [1.807, 2.05) is 45.0 Å². The van der Waals surface area contributed by atoms with Crippen molar-refractivity contribution in [3.63, 3.8) is 0 Å². The molecule has 5 heteroatoms. The SMILES string of the molecule is Cc1ccc(OCCNC(=O)c2sc(C)nc2C)cc1. The summed E-state index contributed by atoms with van der Waals surface area (Å²) in [6.45, 7) is 6.70. The van der Waals surface area contributed by atoms with Crippen LogP contribution >= 0.6 is 11.3 Å². The van der Waals surface area contributed by atoms with Gasteiger partial charge in [0.1, 0.15) is 17.2 Å². The predicted molar refractivity (Wildman–Crippen MR) is 80.6 cm³/mol. The topological polar surface area (TPSA) is 51.2 Å². The van der Waals surface area contributed by atoms with E-state index in [1.54, 1.807) is 0 Å². The Morgan fingerprint density at radius 1 is 1.25 bits per heavy atom. The van der Waals surface area contributed by atoms with Crippen LogP contribution in [0.4, 0.5) is 0 Å². The summed E-state index contributed by atoms with van der Waals surface area (Å²) in [6.07, 6.45) is 0. The first-order valence-corrected chi connectivity index (χ1v) is 7.29. The average Bonchev–Trinajstić information content (AvgIpc) is 2.75. The molecule has 0 spiro atoms. The molecule has 0 saturated carbocycles. The number of benzene rings is 1. The second-order valence-corrected chi connectivity index (χ2v) is 5.77. The Balaban J connectivity index is 1.77. The molecule has 0 bridgehead atoms. The number of carbonyl (C=O) groups excluding carboxylic acids is 1. The zero-order chi connectivity index (χ0) is 14.5. The Morgan fingerprint density at radius 2 is 1.95 bits per heavy atom. The van der Waals surface area contributed by atoms with E-state index in [4.69, 9.17) is 4.74 Å². The van der Waals surface area contributed by atoms with Crippen molar-refractivity contribution >= 4 is 17.2 Å². The lowest BCUT2D eigenvalue weighted by molar-refractivity contribution is 0.0950. The molecule has 1 aromatic heterocycles. The summed E-state index contributed by atoms with van der Waals surface area (Å²) in [7, 11) is 0. The maximum atomic E-state index is 11.9. The highest BCUT2D eigenvalue weighted by Gasteiger charge is 2.12. The molecule has 2 rings (SSSR count). The molecule has 0 aliphatic heterocycles. The summed E-state index contributed by atoms with van der Waals surface area (Å²) in [4.78, 5) is 16.9. The minimum absolute atomic E-state index is 0.0828. The van der Waals surface area contributed by atoms with E-state index in [1.165, 1.54) is 16.9 Å². The van der Waals surface area contributed by atoms with E-state index in [0.717, 1.165) is 16.5 Å². The van der Waals surface area contributed by atoms with Gasteiger partial charge in [-0.2, -0.15) is 0 Å². The highest BCUT2D eigenvalue weighted by atomic mass is 32.1. The second-order valence-electron chi connectivity index (χ2n) is 4.56. The van der Waals surface area contributed by atoms with Crippen LogP contribution in [0, 0.1) is 20.8 Å². The largest absolute Gasteiger partial charge is 0.492 e. The molecule has 1 N–H and O–H groups in total. The van der Waals surface area contributed by atoms with Crippen LogP contribution in [0.5, 0.6) is 5.75 Å². The van der Waals surface area contributed by atoms with Gasteiger partial charge in [-0.15, -0.1) is 11.3 Å². The Hall–Kier alpha value is -1.88. The Kier molecular flexibility index (Phi) is 4.74. The molecule has 1 aromatic carbocycles. The van der Waals surface area contributed by atoms with Crippen molar-refractivity contribution in [2.45, 2.75) is 20.8 Å². The van der Waals surface area contributed by atoms with Crippen LogP contribution in [-0.4, -0.2) is 24.0 Å². The Morgan fingerprint density at radius 3 is 2.55 bits per heavy atom. The molecular weight excluding hydrogens is 272 g/mol. The van der Waals surface area contributed by atoms with E-state index < -0.39 is 0 Å². The summed E-state index contributed by atoms with van der Waals surface area (Å²) < 4.78 is 5.56. The van der Waals surface area contributed by atoms with Crippen molar-refractivity contribution in [3.8, 4) is 5.75 Å². The van der Waals surface area contributed by atoms with Gasteiger partial charge in [0.05, 0.1) is 17.2 Å². The summed E-state index contributed by atoms with van der Waals surface area (Å²) in [5, 5.41) is 3.75. The molecule has 4 nitrogen and oxygen atoms in total. The number of carbonyl (C=O) groups is 1. The van der Waals surface area contributed by atoms with Gasteiger partial charge in [-0.1, -0.05) is 17.7 Å². The third kappa shape index (κ3) is 3.81. The molecule has 1 amide bonds. The molecule has 20 heavy (non-hydrogen) atoms. The number of thiazole rings is 1. The van der Waals surface area contributed by atoms with Crippen molar-refractivity contribution in [2.75, 3.05) is 13.2 Å². The Bertz CT molecular complexity index is 590. The number of nitrogens with zero attached hydrogens (tertiary/aromatic N) is 1. The molecule has 0 fully saturated rings. The fraction of sp³-hybridized carbons (Fsp3) is 0.333. The zero-order valence-electron chi connectivity index (χ0n) is 11.9. The van der Waals surface area contributed by atoms with Crippen LogP contribution in [0.1, 0.15) is 25.9 Å². The zero-order valence-corrected chi connectivity index (χ0v) is 12.7. The van der Waals surface area contributed by atoms with Crippen molar-refractivity contribution in [1.82, 2.24) is 10.3 Å². The highest BCUT2D eigenvalue weighted by molar-refractivity contribution is 7.13. The van der Waals surface area contributed by atoms with Gasteiger partial charge in [-0.25, -0.2) is 4.98 Å². The molecule has 2 aromatic rings. The van der Waals surface area contributed by atoms with E-state index >= 15 is 0 Å². The lowest BCUT2D eigenvalue weighted by Crippen LogP contribution is -2.27. The van der Waals surface area contributed by atoms with Crippen molar-refractivity contribution < 1.29 is 9.53 Å². The van der Waals surface area contributed by atoms with Crippen LogP contribution in [0.3, 0.4) is 0 Å². The first-order valence-electron chi connectivity index (χ1n) is 6.48. The van der Waals surface area contributed by atoms with Gasteiger partial charge in [-0.3, -0.25) is 4.79 Å². The molecule has 0 aliphatic carbocycles. The van der Waals surface area contributed by atoms with Crippen molar-refractivity contribution in [2.24, 2.45) is 0 Å². The van der Waals surface area contributed by atoms with Gasteiger partial charge in [0.15, 0.2) is 0 Å². The van der Waals surface area contributed by atoms with Crippen molar-refractivity contribution in [1.29, 1.82) is 0 Å². The monoisotopic (exact) mass is 290 g/mol. The molecule has 1 heterocycles. The van der Waals surface area contributed by atoms with Crippen molar-refractivity contribution in [3.05, 3.63) is 45.4 Å². The van der Waals surface area contributed by atoms with Crippen LogP contribution < -0.4 is 10.1 Å². The normalized spacial score (nSPS) is 10.3. The van der Waals surface area contributed by atoms with Crippen LogP contribution in [0.2, 0.25) is 0 Å². The van der Waals surface area contributed by atoms with Gasteiger partial charge < -0.3 is 10.1 Å². The Labute approximate surface area is 122 Å². The summed E-state index contributed by atoms with van der Waals surface area (Å²) in [6, 6.07) is 7.84. The second kappa shape index (κ2) is 6.52. The van der Waals surface area contributed by atoms with Gasteiger partial charge in [-0.05, 0) is 32.9 Å². The number of aryl methyl sites for hydroxylation is 3. The maximum Gasteiger partial charge on any atom is 0.263 e. The number of hydrogen-bond donors (Lipinski definition) is 1. The molecule has 0 radical (unpaired) electrons. The number of ether oxygens (including phenoxy) is 1. The summed E-state index contributed by atoms with van der Waals surface area (Å²) in [5.74, 6) is 0.732.